The van der Waals surface area contributed by atoms with E-state index in [-0.39, 0.29) is 10.8 Å². The van der Waals surface area contributed by atoms with Crippen LogP contribution < -0.4 is 10.2 Å². The summed E-state index contributed by atoms with van der Waals surface area (Å²) in [6.07, 6.45) is 0. The van der Waals surface area contributed by atoms with Crippen LogP contribution >= 0.6 is 0 Å². The largest absolute Gasteiger partial charge is 0.454 e. The molecule has 1 N–H and O–H groups in total. The molecule has 0 aliphatic heterocycles. The highest BCUT2D eigenvalue weighted by molar-refractivity contribution is 6.09. The van der Waals surface area contributed by atoms with Gasteiger partial charge in [0.15, 0.2) is 5.58 Å². The third kappa shape index (κ3) is 5.30. The maximum atomic E-state index is 6.25. The second-order valence-corrected chi connectivity index (χ2v) is 12.7. The zero-order chi connectivity index (χ0) is 28.8. The molecule has 4 aromatic carbocycles. The van der Waals surface area contributed by atoms with Crippen molar-refractivity contribution >= 4 is 50.6 Å². The number of aromatic nitrogens is 1. The van der Waals surface area contributed by atoms with E-state index in [0.29, 0.717) is 0 Å². The molecule has 4 nitrogen and oxygen atoms in total. The lowest BCUT2D eigenvalue weighted by Gasteiger charge is -2.27. The Labute approximate surface area is 242 Å². The summed E-state index contributed by atoms with van der Waals surface area (Å²) in [6.45, 7) is 13.4. The number of pyridine rings is 1. The molecule has 0 saturated carbocycles. The predicted molar refractivity (Wildman–Crippen MR) is 173 cm³/mol. The van der Waals surface area contributed by atoms with Gasteiger partial charge in [-0.3, -0.25) is 4.90 Å². The Hall–Kier alpha value is -4.57. The van der Waals surface area contributed by atoms with Crippen molar-refractivity contribution in [3.63, 3.8) is 0 Å². The van der Waals surface area contributed by atoms with Crippen molar-refractivity contribution in [2.75, 3.05) is 10.2 Å². The second-order valence-electron chi connectivity index (χ2n) is 12.7. The molecular formula is C37H37N3O. The lowest BCUT2D eigenvalue weighted by Crippen LogP contribution is -2.15. The lowest BCUT2D eigenvalue weighted by atomic mass is 9.87. The molecule has 4 heteroatoms. The first-order chi connectivity index (χ1) is 19.6. The van der Waals surface area contributed by atoms with Crippen LogP contribution in [0.15, 0.2) is 114 Å². The third-order valence-corrected chi connectivity index (χ3v) is 7.61. The average molecular weight is 540 g/mol. The molecule has 0 aliphatic rings. The minimum absolute atomic E-state index is 0.0808. The summed E-state index contributed by atoms with van der Waals surface area (Å²) in [5.74, 6) is 1.58. The van der Waals surface area contributed by atoms with Gasteiger partial charge in [-0.2, -0.15) is 0 Å². The van der Waals surface area contributed by atoms with Gasteiger partial charge in [0.1, 0.15) is 17.2 Å². The number of hydrogen-bond donors (Lipinski definition) is 1. The van der Waals surface area contributed by atoms with Crippen LogP contribution in [0.4, 0.5) is 28.7 Å². The summed E-state index contributed by atoms with van der Waals surface area (Å²) in [7, 11) is 0. The number of rotatable bonds is 5. The first-order valence-corrected chi connectivity index (χ1v) is 14.2. The van der Waals surface area contributed by atoms with Crippen LogP contribution in [0, 0.1) is 0 Å². The maximum Gasteiger partial charge on any atom is 0.158 e. The van der Waals surface area contributed by atoms with Crippen LogP contribution in [0.2, 0.25) is 0 Å². The van der Waals surface area contributed by atoms with Gasteiger partial charge in [-0.25, -0.2) is 4.98 Å². The normalized spacial score (nSPS) is 12.1. The maximum absolute atomic E-state index is 6.25. The fourth-order valence-corrected chi connectivity index (χ4v) is 5.24. The zero-order valence-electron chi connectivity index (χ0n) is 24.7. The molecular weight excluding hydrogens is 502 g/mol. The molecule has 2 aromatic heterocycles. The van der Waals surface area contributed by atoms with E-state index in [4.69, 9.17) is 9.40 Å². The number of hydrogen-bond acceptors (Lipinski definition) is 4. The van der Waals surface area contributed by atoms with Crippen LogP contribution in [0.25, 0.3) is 21.9 Å². The van der Waals surface area contributed by atoms with Gasteiger partial charge >= 0.3 is 0 Å². The van der Waals surface area contributed by atoms with Gasteiger partial charge in [0.25, 0.3) is 0 Å². The molecule has 6 rings (SSSR count). The minimum Gasteiger partial charge on any atom is -0.454 e. The Morgan fingerprint density at radius 2 is 1.15 bits per heavy atom. The topological polar surface area (TPSA) is 41.3 Å². The molecule has 206 valence electrons. The van der Waals surface area contributed by atoms with Gasteiger partial charge in [0.05, 0.1) is 5.69 Å². The van der Waals surface area contributed by atoms with Gasteiger partial charge in [-0.15, -0.1) is 0 Å². The monoisotopic (exact) mass is 539 g/mol. The smallest absolute Gasteiger partial charge is 0.158 e. The molecule has 0 bridgehead atoms. The summed E-state index contributed by atoms with van der Waals surface area (Å²) >= 11 is 0. The van der Waals surface area contributed by atoms with E-state index in [9.17, 15) is 0 Å². The summed E-state index contributed by atoms with van der Waals surface area (Å²) < 4.78 is 6.25. The standard InChI is InChI=1S/C37H37N3O/c1-36(2,3)25-17-21-27(22-18-25)40(28-23-19-26(20-24-28)37(4,5)6)34-16-10-15-33(39-34)38-31-13-9-12-30-29-11-7-8-14-32(29)41-35(30)31/h7-24H,1-6H3,(H,38,39). The van der Waals surface area contributed by atoms with Crippen molar-refractivity contribution in [3.05, 3.63) is 120 Å². The highest BCUT2D eigenvalue weighted by Gasteiger charge is 2.19. The molecule has 0 fully saturated rings. The van der Waals surface area contributed by atoms with E-state index < -0.39 is 0 Å². The van der Waals surface area contributed by atoms with Crippen molar-refractivity contribution in [2.24, 2.45) is 0 Å². The van der Waals surface area contributed by atoms with Crippen LogP contribution in [-0.2, 0) is 10.8 Å². The zero-order valence-corrected chi connectivity index (χ0v) is 24.7. The Balaban J connectivity index is 1.41. The van der Waals surface area contributed by atoms with Crippen molar-refractivity contribution < 1.29 is 4.42 Å². The fourth-order valence-electron chi connectivity index (χ4n) is 5.24. The third-order valence-electron chi connectivity index (χ3n) is 7.61. The molecule has 0 unspecified atom stereocenters. The highest BCUT2D eigenvalue weighted by atomic mass is 16.3. The molecule has 0 saturated heterocycles. The number of nitrogens with zero attached hydrogens (tertiary/aromatic N) is 2. The first kappa shape index (κ1) is 26.6. The molecule has 0 atom stereocenters. The van der Waals surface area contributed by atoms with Gasteiger partial charge < -0.3 is 9.73 Å². The summed E-state index contributed by atoms with van der Waals surface area (Å²) in [5, 5.41) is 5.72. The molecule has 0 radical (unpaired) electrons. The van der Waals surface area contributed by atoms with E-state index in [1.807, 2.05) is 36.4 Å². The molecule has 2 heterocycles. The Kier molecular flexibility index (Phi) is 6.57. The molecule has 0 aliphatic carbocycles. The lowest BCUT2D eigenvalue weighted by molar-refractivity contribution is 0.590. The minimum atomic E-state index is 0.0808. The first-order valence-electron chi connectivity index (χ1n) is 14.2. The van der Waals surface area contributed by atoms with Crippen molar-refractivity contribution in [1.82, 2.24) is 4.98 Å². The Morgan fingerprint density at radius 3 is 1.76 bits per heavy atom. The fraction of sp³-hybridized carbons (Fsp3) is 0.216. The van der Waals surface area contributed by atoms with Crippen molar-refractivity contribution in [1.29, 1.82) is 0 Å². The summed E-state index contributed by atoms with van der Waals surface area (Å²) in [5.41, 5.74) is 7.47. The Bertz CT molecular complexity index is 1760. The van der Waals surface area contributed by atoms with Gasteiger partial charge in [-0.05, 0) is 70.5 Å². The van der Waals surface area contributed by atoms with Gasteiger partial charge in [0.2, 0.25) is 0 Å². The van der Waals surface area contributed by atoms with Crippen molar-refractivity contribution in [2.45, 2.75) is 52.4 Å². The van der Waals surface area contributed by atoms with Crippen LogP contribution in [-0.4, -0.2) is 4.98 Å². The van der Waals surface area contributed by atoms with Gasteiger partial charge in [0, 0.05) is 22.1 Å². The van der Waals surface area contributed by atoms with E-state index in [1.165, 1.54) is 11.1 Å². The van der Waals surface area contributed by atoms with E-state index in [2.05, 4.69) is 125 Å². The number of nitrogens with one attached hydrogen (secondary N) is 1. The second kappa shape index (κ2) is 10.1. The van der Waals surface area contributed by atoms with E-state index in [1.54, 1.807) is 0 Å². The van der Waals surface area contributed by atoms with E-state index in [0.717, 1.165) is 50.6 Å². The van der Waals surface area contributed by atoms with Crippen LogP contribution in [0.5, 0.6) is 0 Å². The van der Waals surface area contributed by atoms with Crippen LogP contribution in [0.3, 0.4) is 0 Å². The quantitative estimate of drug-likeness (QED) is 0.237. The highest BCUT2D eigenvalue weighted by Crippen LogP contribution is 2.38. The predicted octanol–water partition coefficient (Wildman–Crippen LogP) is 10.8. The number of para-hydroxylation sites is 2. The average Bonchev–Trinajstić information content (AvgIpc) is 3.33. The molecule has 41 heavy (non-hydrogen) atoms. The molecule has 6 aromatic rings. The van der Waals surface area contributed by atoms with Crippen molar-refractivity contribution in [3.8, 4) is 0 Å². The number of furan rings is 1. The number of anilines is 5. The summed E-state index contributed by atoms with van der Waals surface area (Å²) in [6, 6.07) is 38.1. The molecule has 0 amide bonds. The van der Waals surface area contributed by atoms with E-state index >= 15 is 0 Å². The van der Waals surface area contributed by atoms with Gasteiger partial charge in [-0.1, -0.05) is 102 Å². The molecule has 0 spiro atoms. The number of fused-ring (bicyclic) bond motifs is 3. The summed E-state index contributed by atoms with van der Waals surface area (Å²) in [4.78, 5) is 7.31. The Morgan fingerprint density at radius 1 is 0.585 bits per heavy atom. The van der Waals surface area contributed by atoms with Crippen LogP contribution in [0.1, 0.15) is 52.7 Å². The number of benzene rings is 4. The SMILES string of the molecule is CC(C)(C)c1ccc(N(c2ccc(C(C)(C)C)cc2)c2cccc(Nc3cccc4c3oc3ccccc34)n2)cc1.